The van der Waals surface area contributed by atoms with Gasteiger partial charge in [-0.2, -0.15) is 0 Å². The molecule has 0 bridgehead atoms. The molecule has 25 heavy (non-hydrogen) atoms. The molecule has 5 nitrogen and oxygen atoms in total. The third-order valence-corrected chi connectivity index (χ3v) is 5.89. The number of likely N-dealkylation sites (tertiary alicyclic amines) is 1. The summed E-state index contributed by atoms with van der Waals surface area (Å²) in [5.41, 5.74) is 1.20. The quantitative estimate of drug-likeness (QED) is 0.458. The number of benzene rings is 1. The second-order valence-corrected chi connectivity index (χ2v) is 8.03. The van der Waals surface area contributed by atoms with Gasteiger partial charge in [-0.15, -0.1) is 0 Å². The average Bonchev–Trinajstić information content (AvgIpc) is 3.25. The second kappa shape index (κ2) is 8.21. The number of rotatable bonds is 4. The van der Waals surface area contributed by atoms with Gasteiger partial charge in [-0.1, -0.05) is 34.8 Å². The van der Waals surface area contributed by atoms with Gasteiger partial charge in [0.2, 0.25) is 0 Å². The molecular weight excluding hydrogens is 380 g/mol. The van der Waals surface area contributed by atoms with Crippen molar-refractivity contribution in [1.29, 1.82) is 0 Å². The topological polar surface area (TPSA) is 56.7 Å². The Bertz CT molecular complexity index is 640. The van der Waals surface area contributed by atoms with Crippen LogP contribution in [0.25, 0.3) is 0 Å². The smallest absolute Gasteiger partial charge is 0.251 e. The van der Waals surface area contributed by atoms with E-state index >= 15 is 0 Å². The monoisotopic (exact) mass is 406 g/mol. The van der Waals surface area contributed by atoms with Crippen LogP contribution in [0.15, 0.2) is 33.7 Å². The highest BCUT2D eigenvalue weighted by Crippen LogP contribution is 2.45. The van der Waals surface area contributed by atoms with Crippen molar-refractivity contribution in [2.75, 3.05) is 33.2 Å². The fraction of sp³-hybridized carbons (Fsp3) is 0.579. The van der Waals surface area contributed by atoms with Crippen LogP contribution in [-0.4, -0.2) is 50.0 Å². The lowest BCUT2D eigenvalue weighted by Crippen LogP contribution is -2.43. The SMILES string of the molecule is CN=C(NCCNC(=O)c1cccc(Br)c1)N1CCC2(CCCC2)C1. The van der Waals surface area contributed by atoms with Crippen molar-refractivity contribution in [1.82, 2.24) is 15.5 Å². The van der Waals surface area contributed by atoms with Crippen LogP contribution < -0.4 is 10.6 Å². The summed E-state index contributed by atoms with van der Waals surface area (Å²) in [6.07, 6.45) is 6.77. The Hall–Kier alpha value is -1.56. The van der Waals surface area contributed by atoms with Crippen LogP contribution in [0.2, 0.25) is 0 Å². The summed E-state index contributed by atoms with van der Waals surface area (Å²) in [4.78, 5) is 18.9. The Labute approximate surface area is 158 Å². The first kappa shape index (κ1) is 18.2. The van der Waals surface area contributed by atoms with Crippen molar-refractivity contribution in [2.24, 2.45) is 10.4 Å². The Morgan fingerprint density at radius 1 is 1.24 bits per heavy atom. The van der Waals surface area contributed by atoms with E-state index in [1.54, 1.807) is 0 Å². The van der Waals surface area contributed by atoms with Gasteiger partial charge < -0.3 is 15.5 Å². The van der Waals surface area contributed by atoms with Crippen molar-refractivity contribution in [2.45, 2.75) is 32.1 Å². The maximum atomic E-state index is 12.1. The van der Waals surface area contributed by atoms with E-state index in [0.717, 1.165) is 23.5 Å². The minimum atomic E-state index is -0.0517. The van der Waals surface area contributed by atoms with Crippen LogP contribution in [0.1, 0.15) is 42.5 Å². The number of nitrogens with one attached hydrogen (secondary N) is 2. The van der Waals surface area contributed by atoms with E-state index in [9.17, 15) is 4.79 Å². The van der Waals surface area contributed by atoms with E-state index in [1.807, 2.05) is 31.3 Å². The van der Waals surface area contributed by atoms with Gasteiger partial charge in [0.15, 0.2) is 5.96 Å². The first-order valence-electron chi connectivity index (χ1n) is 9.11. The predicted molar refractivity (Wildman–Crippen MR) is 105 cm³/mol. The molecule has 1 amide bonds. The lowest BCUT2D eigenvalue weighted by Gasteiger charge is -2.26. The normalized spacial score (nSPS) is 19.4. The van der Waals surface area contributed by atoms with Crippen LogP contribution in [0, 0.1) is 5.41 Å². The summed E-state index contributed by atoms with van der Waals surface area (Å²) >= 11 is 3.39. The third-order valence-electron chi connectivity index (χ3n) is 5.39. The molecule has 2 aliphatic rings. The Morgan fingerprint density at radius 3 is 2.72 bits per heavy atom. The standard InChI is InChI=1S/C19H27BrN4O/c1-21-18(24-12-9-19(14-24)7-2-3-8-19)23-11-10-22-17(25)15-5-4-6-16(20)13-15/h4-6,13H,2-3,7-12,14H2,1H3,(H,21,23)(H,22,25). The van der Waals surface area contributed by atoms with E-state index in [4.69, 9.17) is 0 Å². The predicted octanol–water partition coefficient (Wildman–Crippen LogP) is 3.02. The zero-order valence-electron chi connectivity index (χ0n) is 14.9. The lowest BCUT2D eigenvalue weighted by molar-refractivity contribution is 0.0954. The van der Waals surface area contributed by atoms with Gasteiger partial charge in [-0.05, 0) is 42.9 Å². The number of halogens is 1. The number of carbonyl (C=O) groups is 1. The number of nitrogens with zero attached hydrogens (tertiary/aromatic N) is 2. The summed E-state index contributed by atoms with van der Waals surface area (Å²) in [6, 6.07) is 7.42. The van der Waals surface area contributed by atoms with Crippen LogP contribution in [0.5, 0.6) is 0 Å². The van der Waals surface area contributed by atoms with E-state index in [1.165, 1.54) is 32.1 Å². The first-order chi connectivity index (χ1) is 12.1. The van der Waals surface area contributed by atoms with Crippen molar-refractivity contribution < 1.29 is 4.79 Å². The highest BCUT2D eigenvalue weighted by molar-refractivity contribution is 9.10. The molecule has 1 aromatic rings. The van der Waals surface area contributed by atoms with E-state index < -0.39 is 0 Å². The zero-order valence-corrected chi connectivity index (χ0v) is 16.4. The van der Waals surface area contributed by atoms with Gasteiger partial charge in [0.1, 0.15) is 0 Å². The van der Waals surface area contributed by atoms with Crippen molar-refractivity contribution in [3.05, 3.63) is 34.3 Å². The molecular formula is C19H27BrN4O. The molecule has 0 radical (unpaired) electrons. The second-order valence-electron chi connectivity index (χ2n) is 7.12. The van der Waals surface area contributed by atoms with Crippen LogP contribution in [0.4, 0.5) is 0 Å². The molecule has 0 atom stereocenters. The minimum absolute atomic E-state index is 0.0517. The Balaban J connectivity index is 1.42. The van der Waals surface area contributed by atoms with E-state index in [2.05, 4.69) is 36.5 Å². The largest absolute Gasteiger partial charge is 0.354 e. The molecule has 1 saturated carbocycles. The van der Waals surface area contributed by atoms with Gasteiger partial charge in [0, 0.05) is 43.3 Å². The number of amides is 1. The van der Waals surface area contributed by atoms with Crippen molar-refractivity contribution in [3.8, 4) is 0 Å². The average molecular weight is 407 g/mol. The number of guanidine groups is 1. The molecule has 1 aliphatic carbocycles. The molecule has 1 aliphatic heterocycles. The summed E-state index contributed by atoms with van der Waals surface area (Å²) < 4.78 is 0.911. The fourth-order valence-electron chi connectivity index (χ4n) is 4.06. The van der Waals surface area contributed by atoms with Crippen LogP contribution in [0.3, 0.4) is 0 Å². The van der Waals surface area contributed by atoms with Crippen LogP contribution >= 0.6 is 15.9 Å². The van der Waals surface area contributed by atoms with Crippen LogP contribution in [-0.2, 0) is 0 Å². The first-order valence-corrected chi connectivity index (χ1v) is 9.91. The zero-order chi connectivity index (χ0) is 17.7. The number of hydrogen-bond acceptors (Lipinski definition) is 2. The number of aliphatic imine (C=N–C) groups is 1. The molecule has 2 N–H and O–H groups in total. The van der Waals surface area contributed by atoms with E-state index in [0.29, 0.717) is 24.1 Å². The molecule has 1 heterocycles. The van der Waals surface area contributed by atoms with Crippen molar-refractivity contribution in [3.63, 3.8) is 0 Å². The highest BCUT2D eigenvalue weighted by Gasteiger charge is 2.40. The molecule has 3 rings (SSSR count). The molecule has 0 aromatic heterocycles. The summed E-state index contributed by atoms with van der Waals surface area (Å²) in [5, 5.41) is 6.34. The molecule has 1 aromatic carbocycles. The maximum Gasteiger partial charge on any atom is 0.251 e. The third kappa shape index (κ3) is 4.54. The summed E-state index contributed by atoms with van der Waals surface area (Å²) in [7, 11) is 1.84. The van der Waals surface area contributed by atoms with Crippen molar-refractivity contribution >= 4 is 27.8 Å². The molecule has 6 heteroatoms. The summed E-state index contributed by atoms with van der Waals surface area (Å²) in [6.45, 7) is 3.46. The summed E-state index contributed by atoms with van der Waals surface area (Å²) in [5.74, 6) is 0.907. The Morgan fingerprint density at radius 2 is 2.00 bits per heavy atom. The van der Waals surface area contributed by atoms with Gasteiger partial charge >= 0.3 is 0 Å². The lowest BCUT2D eigenvalue weighted by atomic mass is 9.86. The minimum Gasteiger partial charge on any atom is -0.354 e. The molecule has 1 spiro atoms. The Kier molecular flexibility index (Phi) is 5.99. The van der Waals surface area contributed by atoms with E-state index in [-0.39, 0.29) is 5.91 Å². The van der Waals surface area contributed by atoms with Gasteiger partial charge in [0.25, 0.3) is 5.91 Å². The molecule has 0 unspecified atom stereocenters. The number of carbonyl (C=O) groups excluding carboxylic acids is 1. The fourth-order valence-corrected chi connectivity index (χ4v) is 4.46. The van der Waals surface area contributed by atoms with Gasteiger partial charge in [-0.25, -0.2) is 0 Å². The molecule has 1 saturated heterocycles. The van der Waals surface area contributed by atoms with Gasteiger partial charge in [-0.3, -0.25) is 9.79 Å². The molecule has 2 fully saturated rings. The van der Waals surface area contributed by atoms with Gasteiger partial charge in [0.05, 0.1) is 0 Å². The maximum absolute atomic E-state index is 12.1. The molecule has 136 valence electrons. The number of hydrogen-bond donors (Lipinski definition) is 2. The highest BCUT2D eigenvalue weighted by atomic mass is 79.9.